The summed E-state index contributed by atoms with van der Waals surface area (Å²) in [5.41, 5.74) is 1.51. The van der Waals surface area contributed by atoms with Gasteiger partial charge in [-0.05, 0) is 31.9 Å². The number of carboxylic acids is 1. The van der Waals surface area contributed by atoms with Gasteiger partial charge < -0.3 is 14.8 Å². The maximum atomic E-state index is 10.9. The predicted octanol–water partition coefficient (Wildman–Crippen LogP) is 3.01. The Bertz CT molecular complexity index is 575. The van der Waals surface area contributed by atoms with Gasteiger partial charge in [-0.2, -0.15) is 0 Å². The minimum atomic E-state index is -0.949. The molecule has 4 nitrogen and oxygen atoms in total. The number of hydrogen-bond acceptors (Lipinski definition) is 3. The first-order valence-electron chi connectivity index (χ1n) is 6.66. The zero-order valence-corrected chi connectivity index (χ0v) is 11.7. The van der Waals surface area contributed by atoms with Crippen molar-refractivity contribution in [3.63, 3.8) is 0 Å². The molecule has 4 heteroatoms. The Balaban J connectivity index is 1.89. The van der Waals surface area contributed by atoms with Crippen LogP contribution in [0.3, 0.4) is 0 Å². The van der Waals surface area contributed by atoms with Gasteiger partial charge in [0, 0.05) is 6.04 Å². The molecule has 1 unspecified atom stereocenters. The smallest absolute Gasteiger partial charge is 0.339 e. The highest BCUT2D eigenvalue weighted by molar-refractivity contribution is 5.88. The van der Waals surface area contributed by atoms with E-state index < -0.39 is 5.97 Å². The largest absolute Gasteiger partial charge is 0.478 e. The second kappa shape index (κ2) is 6.39. The molecule has 0 saturated carbocycles. The Hall–Kier alpha value is -2.07. The Labute approximate surface area is 118 Å². The fourth-order valence-corrected chi connectivity index (χ4v) is 2.16. The molecule has 2 aromatic rings. The lowest BCUT2D eigenvalue weighted by molar-refractivity contribution is 0.0695. The molecule has 0 aliphatic heterocycles. The van der Waals surface area contributed by atoms with Crippen molar-refractivity contribution < 1.29 is 14.3 Å². The maximum Gasteiger partial charge on any atom is 0.339 e. The highest BCUT2D eigenvalue weighted by atomic mass is 16.4. The Morgan fingerprint density at radius 3 is 2.65 bits per heavy atom. The number of furan rings is 1. The van der Waals surface area contributed by atoms with E-state index in [0.29, 0.717) is 18.1 Å². The van der Waals surface area contributed by atoms with E-state index in [-0.39, 0.29) is 11.6 Å². The van der Waals surface area contributed by atoms with Crippen LogP contribution in [0.4, 0.5) is 0 Å². The van der Waals surface area contributed by atoms with Crippen LogP contribution in [-0.4, -0.2) is 17.1 Å². The van der Waals surface area contributed by atoms with Crippen molar-refractivity contribution >= 4 is 5.97 Å². The highest BCUT2D eigenvalue weighted by Crippen LogP contribution is 2.14. The number of aryl methyl sites for hydroxylation is 1. The number of aromatic carboxylic acids is 1. The lowest BCUT2D eigenvalue weighted by Crippen LogP contribution is -2.27. The molecular formula is C16H19NO3. The molecule has 0 bridgehead atoms. The van der Waals surface area contributed by atoms with Gasteiger partial charge in [0.05, 0.1) is 6.54 Å². The summed E-state index contributed by atoms with van der Waals surface area (Å²) in [6.45, 7) is 4.30. The molecule has 0 radical (unpaired) electrons. The van der Waals surface area contributed by atoms with E-state index in [2.05, 4.69) is 24.4 Å². The predicted molar refractivity (Wildman–Crippen MR) is 76.9 cm³/mol. The molecule has 2 N–H and O–H groups in total. The zero-order valence-electron chi connectivity index (χ0n) is 11.7. The van der Waals surface area contributed by atoms with Crippen LogP contribution in [-0.2, 0) is 13.0 Å². The Morgan fingerprint density at radius 1 is 1.35 bits per heavy atom. The second-order valence-electron chi connectivity index (χ2n) is 4.96. The summed E-state index contributed by atoms with van der Waals surface area (Å²) < 4.78 is 5.43. The third kappa shape index (κ3) is 3.71. The molecule has 0 spiro atoms. The number of rotatable bonds is 6. The first-order valence-corrected chi connectivity index (χ1v) is 6.66. The molecule has 0 aliphatic rings. The average molecular weight is 273 g/mol. The van der Waals surface area contributed by atoms with Crippen LogP contribution in [0, 0.1) is 6.92 Å². The number of nitrogens with one attached hydrogen (secondary N) is 1. The number of benzene rings is 1. The van der Waals surface area contributed by atoms with Crippen LogP contribution < -0.4 is 5.32 Å². The van der Waals surface area contributed by atoms with Gasteiger partial charge in [-0.15, -0.1) is 0 Å². The first kappa shape index (κ1) is 14.3. The van der Waals surface area contributed by atoms with Crippen LogP contribution in [0.2, 0.25) is 0 Å². The van der Waals surface area contributed by atoms with E-state index in [1.165, 1.54) is 5.56 Å². The summed E-state index contributed by atoms with van der Waals surface area (Å²) in [4.78, 5) is 10.9. The van der Waals surface area contributed by atoms with Crippen molar-refractivity contribution in [1.29, 1.82) is 0 Å². The summed E-state index contributed by atoms with van der Waals surface area (Å²) in [5.74, 6) is 0.152. The molecule has 106 valence electrons. The lowest BCUT2D eigenvalue weighted by Gasteiger charge is -2.12. The zero-order chi connectivity index (χ0) is 14.5. The molecule has 0 amide bonds. The van der Waals surface area contributed by atoms with Crippen LogP contribution >= 0.6 is 0 Å². The first-order chi connectivity index (χ1) is 9.56. The SMILES string of the molecule is Cc1oc(CNC(C)Cc2ccccc2)cc1C(=O)O. The van der Waals surface area contributed by atoms with Crippen LogP contribution in [0.25, 0.3) is 0 Å². The monoisotopic (exact) mass is 273 g/mol. The summed E-state index contributed by atoms with van der Waals surface area (Å²) >= 11 is 0. The molecule has 1 atom stereocenters. The Kier molecular flexibility index (Phi) is 4.58. The van der Waals surface area contributed by atoms with Gasteiger partial charge in [-0.1, -0.05) is 30.3 Å². The number of carboxylic acid groups (broad SMARTS) is 1. The molecule has 0 aliphatic carbocycles. The highest BCUT2D eigenvalue weighted by Gasteiger charge is 2.14. The normalized spacial score (nSPS) is 12.3. The van der Waals surface area contributed by atoms with Crippen LogP contribution in [0.15, 0.2) is 40.8 Å². The van der Waals surface area contributed by atoms with Gasteiger partial charge in [0.25, 0.3) is 0 Å². The van der Waals surface area contributed by atoms with Crippen molar-refractivity contribution in [2.24, 2.45) is 0 Å². The minimum Gasteiger partial charge on any atom is -0.478 e. The number of carbonyl (C=O) groups is 1. The molecular weight excluding hydrogens is 254 g/mol. The maximum absolute atomic E-state index is 10.9. The summed E-state index contributed by atoms with van der Waals surface area (Å²) in [6.07, 6.45) is 0.923. The van der Waals surface area contributed by atoms with E-state index >= 15 is 0 Å². The Morgan fingerprint density at radius 2 is 2.05 bits per heavy atom. The van der Waals surface area contributed by atoms with E-state index in [0.717, 1.165) is 6.42 Å². The molecule has 1 aromatic carbocycles. The van der Waals surface area contributed by atoms with Gasteiger partial charge in [-0.25, -0.2) is 4.79 Å². The summed E-state index contributed by atoms with van der Waals surface area (Å²) in [6, 6.07) is 12.1. The number of hydrogen-bond donors (Lipinski definition) is 2. The van der Waals surface area contributed by atoms with Crippen molar-refractivity contribution in [1.82, 2.24) is 5.32 Å². The van der Waals surface area contributed by atoms with Gasteiger partial charge >= 0.3 is 5.97 Å². The van der Waals surface area contributed by atoms with Gasteiger partial charge in [-0.3, -0.25) is 0 Å². The standard InChI is InChI=1S/C16H19NO3/c1-11(8-13-6-4-3-5-7-13)17-10-14-9-15(16(18)19)12(2)20-14/h3-7,9,11,17H,8,10H2,1-2H3,(H,18,19). The van der Waals surface area contributed by atoms with E-state index in [4.69, 9.17) is 9.52 Å². The summed E-state index contributed by atoms with van der Waals surface area (Å²) in [5, 5.41) is 12.3. The van der Waals surface area contributed by atoms with Gasteiger partial charge in [0.15, 0.2) is 0 Å². The molecule has 1 heterocycles. The third-order valence-electron chi connectivity index (χ3n) is 3.21. The van der Waals surface area contributed by atoms with E-state index in [1.807, 2.05) is 18.2 Å². The third-order valence-corrected chi connectivity index (χ3v) is 3.21. The molecule has 1 aromatic heterocycles. The fraction of sp³-hybridized carbons (Fsp3) is 0.312. The van der Waals surface area contributed by atoms with Crippen molar-refractivity contribution in [2.45, 2.75) is 32.9 Å². The molecule has 2 rings (SSSR count). The van der Waals surface area contributed by atoms with Crippen LogP contribution in [0.1, 0.15) is 34.4 Å². The van der Waals surface area contributed by atoms with Crippen molar-refractivity contribution in [3.05, 3.63) is 59.0 Å². The van der Waals surface area contributed by atoms with Gasteiger partial charge in [0.2, 0.25) is 0 Å². The molecule has 20 heavy (non-hydrogen) atoms. The van der Waals surface area contributed by atoms with Crippen LogP contribution in [0.5, 0.6) is 0 Å². The fourth-order valence-electron chi connectivity index (χ4n) is 2.16. The molecule has 0 fully saturated rings. The van der Waals surface area contributed by atoms with E-state index in [1.54, 1.807) is 13.0 Å². The van der Waals surface area contributed by atoms with Crippen molar-refractivity contribution in [2.75, 3.05) is 0 Å². The average Bonchev–Trinajstić information content (AvgIpc) is 2.79. The quantitative estimate of drug-likeness (QED) is 0.849. The minimum absolute atomic E-state index is 0.234. The van der Waals surface area contributed by atoms with E-state index in [9.17, 15) is 4.79 Å². The second-order valence-corrected chi connectivity index (χ2v) is 4.96. The molecule has 0 saturated heterocycles. The van der Waals surface area contributed by atoms with Crippen molar-refractivity contribution in [3.8, 4) is 0 Å². The summed E-state index contributed by atoms with van der Waals surface area (Å²) in [7, 11) is 0. The van der Waals surface area contributed by atoms with Gasteiger partial charge in [0.1, 0.15) is 17.1 Å². The topological polar surface area (TPSA) is 62.5 Å². The lowest BCUT2D eigenvalue weighted by atomic mass is 10.1.